The van der Waals surface area contributed by atoms with Gasteiger partial charge in [-0.3, -0.25) is 0 Å². The van der Waals surface area contributed by atoms with E-state index in [2.05, 4.69) is 4.72 Å². The topological polar surface area (TPSA) is 84.9 Å². The Morgan fingerprint density at radius 2 is 1.77 bits per heavy atom. The van der Waals surface area contributed by atoms with E-state index < -0.39 is 39.8 Å². The molecule has 2 aliphatic rings. The quantitative estimate of drug-likeness (QED) is 0.705. The number of halogens is 2. The van der Waals surface area contributed by atoms with Crippen molar-refractivity contribution in [3.05, 3.63) is 35.4 Å². The number of amides is 1. The number of hydrogen-bond acceptors (Lipinski definition) is 5. The predicted molar refractivity (Wildman–Crippen MR) is 111 cm³/mol. The van der Waals surface area contributed by atoms with Gasteiger partial charge in [0.1, 0.15) is 11.6 Å². The van der Waals surface area contributed by atoms with E-state index in [9.17, 15) is 22.0 Å². The summed E-state index contributed by atoms with van der Waals surface area (Å²) < 4.78 is 64.2. The summed E-state index contributed by atoms with van der Waals surface area (Å²) in [5.74, 6) is -1.07. The van der Waals surface area contributed by atoms with Gasteiger partial charge in [0.05, 0.1) is 32.1 Å². The second-order valence-electron chi connectivity index (χ2n) is 8.38. The van der Waals surface area contributed by atoms with Crippen molar-refractivity contribution < 1.29 is 31.5 Å². The lowest BCUT2D eigenvalue weighted by molar-refractivity contribution is -0.0245. The molecule has 1 saturated heterocycles. The van der Waals surface area contributed by atoms with Gasteiger partial charge in [-0.15, -0.1) is 0 Å². The van der Waals surface area contributed by atoms with Gasteiger partial charge in [0.15, 0.2) is 0 Å². The number of piperidine rings is 1. The van der Waals surface area contributed by atoms with Crippen LogP contribution in [-0.2, 0) is 19.5 Å². The summed E-state index contributed by atoms with van der Waals surface area (Å²) in [4.78, 5) is 13.7. The summed E-state index contributed by atoms with van der Waals surface area (Å²) in [6.07, 6.45) is 4.71. The van der Waals surface area contributed by atoms with Gasteiger partial charge in [0.2, 0.25) is 10.0 Å². The fraction of sp³-hybridized carbons (Fsp3) is 0.667. The first-order valence-corrected chi connectivity index (χ1v) is 12.4. The maximum Gasteiger partial charge on any atom is 0.409 e. The van der Waals surface area contributed by atoms with E-state index in [1.54, 1.807) is 0 Å². The smallest absolute Gasteiger partial charge is 0.409 e. The van der Waals surface area contributed by atoms with E-state index in [-0.39, 0.29) is 18.6 Å². The SMILES string of the molecule is COC(=O)N1CCC[C@H](NS(C)(=O)=O)[C@@H]1CO[C@H]1CC[C@@H](c2cc(F)cc(F)c2)CC1. The number of likely N-dealkylation sites (tertiary alicyclic amines) is 1. The Bertz CT molecular complexity index is 854. The zero-order valence-corrected chi connectivity index (χ0v) is 18.7. The largest absolute Gasteiger partial charge is 0.453 e. The van der Waals surface area contributed by atoms with Crippen LogP contribution in [0.4, 0.5) is 13.6 Å². The molecule has 1 aliphatic carbocycles. The van der Waals surface area contributed by atoms with E-state index in [1.807, 2.05) is 0 Å². The summed E-state index contributed by atoms with van der Waals surface area (Å²) in [5, 5.41) is 0. The first-order chi connectivity index (χ1) is 14.7. The lowest BCUT2D eigenvalue weighted by atomic mass is 9.82. The molecule has 2 atom stereocenters. The van der Waals surface area contributed by atoms with Crippen LogP contribution in [-0.4, -0.2) is 64.1 Å². The highest BCUT2D eigenvalue weighted by Gasteiger charge is 2.37. The molecular weight excluding hydrogens is 430 g/mol. The number of ether oxygens (including phenoxy) is 2. The van der Waals surface area contributed by atoms with E-state index in [0.29, 0.717) is 24.9 Å². The summed E-state index contributed by atoms with van der Waals surface area (Å²) in [6, 6.07) is 2.72. The molecule has 0 aromatic heterocycles. The Hall–Kier alpha value is -1.78. The van der Waals surface area contributed by atoms with Gasteiger partial charge in [-0.05, 0) is 62.1 Å². The molecule has 1 aliphatic heterocycles. The van der Waals surface area contributed by atoms with Crippen LogP contribution < -0.4 is 4.72 Å². The van der Waals surface area contributed by atoms with Gasteiger partial charge in [0.25, 0.3) is 0 Å². The molecule has 0 spiro atoms. The first-order valence-electron chi connectivity index (χ1n) is 10.6. The van der Waals surface area contributed by atoms with Crippen molar-refractivity contribution in [2.75, 3.05) is 26.5 Å². The van der Waals surface area contributed by atoms with Gasteiger partial charge in [-0.1, -0.05) is 0 Å². The lowest BCUT2D eigenvalue weighted by Gasteiger charge is -2.41. The van der Waals surface area contributed by atoms with Crippen LogP contribution >= 0.6 is 0 Å². The van der Waals surface area contributed by atoms with Crippen molar-refractivity contribution in [3.63, 3.8) is 0 Å². The maximum atomic E-state index is 13.5. The summed E-state index contributed by atoms with van der Waals surface area (Å²) >= 11 is 0. The molecule has 1 aromatic carbocycles. The maximum absolute atomic E-state index is 13.5. The molecule has 174 valence electrons. The van der Waals surface area contributed by atoms with E-state index in [1.165, 1.54) is 24.1 Å². The molecule has 10 heteroatoms. The highest BCUT2D eigenvalue weighted by Crippen LogP contribution is 2.35. The zero-order chi connectivity index (χ0) is 22.6. The van der Waals surface area contributed by atoms with Gasteiger partial charge in [-0.2, -0.15) is 0 Å². The number of methoxy groups -OCH3 is 1. The molecule has 1 heterocycles. The minimum Gasteiger partial charge on any atom is -0.453 e. The van der Waals surface area contributed by atoms with Crippen LogP contribution in [0.3, 0.4) is 0 Å². The second-order valence-corrected chi connectivity index (χ2v) is 10.2. The average molecular weight is 461 g/mol. The molecule has 2 fully saturated rings. The van der Waals surface area contributed by atoms with Gasteiger partial charge in [-0.25, -0.2) is 26.7 Å². The Kier molecular flexibility index (Phi) is 7.87. The molecule has 0 radical (unpaired) electrons. The molecule has 0 bridgehead atoms. The van der Waals surface area contributed by atoms with Gasteiger partial charge < -0.3 is 14.4 Å². The zero-order valence-electron chi connectivity index (χ0n) is 17.9. The van der Waals surface area contributed by atoms with Gasteiger partial charge >= 0.3 is 6.09 Å². The number of nitrogens with one attached hydrogen (secondary N) is 1. The Morgan fingerprint density at radius 3 is 2.35 bits per heavy atom. The fourth-order valence-corrected chi connectivity index (χ4v) is 5.45. The number of sulfonamides is 1. The molecular formula is C21H30F2N2O5S. The van der Waals surface area contributed by atoms with Crippen molar-refractivity contribution in [2.45, 2.75) is 62.6 Å². The molecule has 0 unspecified atom stereocenters. The average Bonchev–Trinajstić information content (AvgIpc) is 2.70. The van der Waals surface area contributed by atoms with E-state index >= 15 is 0 Å². The molecule has 1 aromatic rings. The van der Waals surface area contributed by atoms with Crippen molar-refractivity contribution in [1.82, 2.24) is 9.62 Å². The number of hydrogen-bond donors (Lipinski definition) is 1. The number of carbonyl (C=O) groups excluding carboxylic acids is 1. The molecule has 3 rings (SSSR count). The van der Waals surface area contributed by atoms with Crippen LogP contribution in [0.2, 0.25) is 0 Å². The lowest BCUT2D eigenvalue weighted by Crippen LogP contribution is -2.59. The highest BCUT2D eigenvalue weighted by molar-refractivity contribution is 7.88. The number of nitrogens with zero attached hydrogens (tertiary/aromatic N) is 1. The van der Waals surface area contributed by atoms with Crippen LogP contribution in [0, 0.1) is 11.6 Å². The van der Waals surface area contributed by atoms with Crippen molar-refractivity contribution >= 4 is 16.1 Å². The molecule has 31 heavy (non-hydrogen) atoms. The molecule has 1 saturated carbocycles. The first kappa shape index (κ1) is 23.9. The normalized spacial score (nSPS) is 27.2. The summed E-state index contributed by atoms with van der Waals surface area (Å²) in [7, 11) is -2.15. The molecule has 1 N–H and O–H groups in total. The van der Waals surface area contributed by atoms with Crippen LogP contribution in [0.25, 0.3) is 0 Å². The Morgan fingerprint density at radius 1 is 1.13 bits per heavy atom. The number of carbonyl (C=O) groups is 1. The van der Waals surface area contributed by atoms with E-state index in [4.69, 9.17) is 9.47 Å². The summed E-state index contributed by atoms with van der Waals surface area (Å²) in [5.41, 5.74) is 0.664. The Balaban J connectivity index is 1.60. The van der Waals surface area contributed by atoms with E-state index in [0.717, 1.165) is 38.0 Å². The van der Waals surface area contributed by atoms with Crippen LogP contribution in [0.1, 0.15) is 50.0 Å². The fourth-order valence-electron chi connectivity index (χ4n) is 4.63. The van der Waals surface area contributed by atoms with Crippen molar-refractivity contribution in [3.8, 4) is 0 Å². The number of benzene rings is 1. The summed E-state index contributed by atoms with van der Waals surface area (Å²) in [6.45, 7) is 0.659. The third-order valence-corrected chi connectivity index (χ3v) is 6.82. The minimum atomic E-state index is -3.45. The third kappa shape index (κ3) is 6.60. The minimum absolute atomic E-state index is 0.0602. The monoisotopic (exact) mass is 460 g/mol. The number of rotatable bonds is 6. The van der Waals surface area contributed by atoms with Crippen molar-refractivity contribution in [1.29, 1.82) is 0 Å². The van der Waals surface area contributed by atoms with Crippen molar-refractivity contribution in [2.24, 2.45) is 0 Å². The third-order valence-electron chi connectivity index (χ3n) is 6.09. The van der Waals surface area contributed by atoms with Crippen LogP contribution in [0.5, 0.6) is 0 Å². The highest BCUT2D eigenvalue weighted by atomic mass is 32.2. The Labute approximate surface area is 182 Å². The van der Waals surface area contributed by atoms with Gasteiger partial charge in [0, 0.05) is 18.7 Å². The molecule has 1 amide bonds. The van der Waals surface area contributed by atoms with Crippen LogP contribution in [0.15, 0.2) is 18.2 Å². The molecule has 7 nitrogen and oxygen atoms in total. The second kappa shape index (κ2) is 10.2. The standard InChI is InChI=1S/C21H30F2N2O5S/c1-29-21(26)25-9-3-4-19(24-31(2,27)28)20(25)13-30-18-7-5-14(6-8-18)15-10-16(22)12-17(23)11-15/h10-12,14,18-20,24H,3-9,13H2,1-2H3/t14-,18+,19-,20-/m0/s1. The predicted octanol–water partition coefficient (Wildman–Crippen LogP) is 3.16.